The van der Waals surface area contributed by atoms with Gasteiger partial charge in [-0.25, -0.2) is 14.6 Å². The fraction of sp³-hybridized carbons (Fsp3) is 0.206. The van der Waals surface area contributed by atoms with Crippen molar-refractivity contribution in [3.63, 3.8) is 0 Å². The van der Waals surface area contributed by atoms with Gasteiger partial charge in [0.15, 0.2) is 0 Å². The number of aromatic nitrogens is 2. The third kappa shape index (κ3) is 6.14. The van der Waals surface area contributed by atoms with Crippen molar-refractivity contribution in [1.82, 2.24) is 14.9 Å². The van der Waals surface area contributed by atoms with Crippen LogP contribution in [0.1, 0.15) is 47.1 Å². The number of nitrogens with one attached hydrogen (secondary N) is 1. The fourth-order valence-electron chi connectivity index (χ4n) is 5.11. The van der Waals surface area contributed by atoms with Crippen molar-refractivity contribution in [3.8, 4) is 11.1 Å². The van der Waals surface area contributed by atoms with Crippen LogP contribution >= 0.6 is 0 Å². The summed E-state index contributed by atoms with van der Waals surface area (Å²) < 4.78 is 2.24. The Morgan fingerprint density at radius 1 is 0.902 bits per heavy atom. The molecule has 208 valence electrons. The number of aryl methyl sites for hydroxylation is 1. The van der Waals surface area contributed by atoms with E-state index in [9.17, 15) is 14.7 Å². The van der Waals surface area contributed by atoms with E-state index in [0.717, 1.165) is 58.5 Å². The standard InChI is InChI=1S/C34H34N4O3/c1-3-4-14-32-36-30-20-19-27(37(34(41)35-2)22-24-10-6-5-7-11-24)21-31(30)38(32)23-25-15-17-26(18-16-25)28-12-8-9-13-29(28)33(39)40/h5-13,15-21H,3-4,14,22-23H2,1-2H3,(H,35,41)(H,39,40). The Kier molecular flexibility index (Phi) is 8.44. The van der Waals surface area contributed by atoms with Crippen LogP contribution in [0.3, 0.4) is 0 Å². The topological polar surface area (TPSA) is 87.5 Å². The number of carbonyl (C=O) groups excluding carboxylic acids is 1. The maximum atomic E-state index is 12.9. The minimum absolute atomic E-state index is 0.178. The molecule has 5 rings (SSSR count). The van der Waals surface area contributed by atoms with Crippen molar-refractivity contribution < 1.29 is 14.7 Å². The summed E-state index contributed by atoms with van der Waals surface area (Å²) in [6, 6.07) is 30.8. The van der Waals surface area contributed by atoms with Crippen LogP contribution in [0.25, 0.3) is 22.2 Å². The second-order valence-corrected chi connectivity index (χ2v) is 10.1. The van der Waals surface area contributed by atoms with Crippen LogP contribution in [0.4, 0.5) is 10.5 Å². The highest BCUT2D eigenvalue weighted by Gasteiger charge is 2.19. The number of hydrogen-bond acceptors (Lipinski definition) is 3. The summed E-state index contributed by atoms with van der Waals surface area (Å²) in [4.78, 5) is 31.4. The van der Waals surface area contributed by atoms with Gasteiger partial charge in [0.25, 0.3) is 0 Å². The molecule has 5 aromatic rings. The Balaban J connectivity index is 1.51. The highest BCUT2D eigenvalue weighted by atomic mass is 16.4. The summed E-state index contributed by atoms with van der Waals surface area (Å²) in [5, 5.41) is 12.4. The summed E-state index contributed by atoms with van der Waals surface area (Å²) in [5.41, 5.74) is 6.61. The highest BCUT2D eigenvalue weighted by Crippen LogP contribution is 2.28. The third-order valence-electron chi connectivity index (χ3n) is 7.28. The monoisotopic (exact) mass is 546 g/mol. The first kappa shape index (κ1) is 27.6. The first-order valence-electron chi connectivity index (χ1n) is 13.9. The van der Waals surface area contributed by atoms with E-state index in [0.29, 0.717) is 18.7 Å². The molecule has 41 heavy (non-hydrogen) atoms. The molecule has 1 heterocycles. The number of hydrogen-bond donors (Lipinski definition) is 2. The summed E-state index contributed by atoms with van der Waals surface area (Å²) in [5.74, 6) is 0.0675. The lowest BCUT2D eigenvalue weighted by molar-refractivity contribution is 0.0697. The normalized spacial score (nSPS) is 11.0. The van der Waals surface area contributed by atoms with Crippen molar-refractivity contribution in [3.05, 3.63) is 120 Å². The van der Waals surface area contributed by atoms with Crippen LogP contribution in [-0.4, -0.2) is 33.7 Å². The number of rotatable bonds is 10. The Hall–Kier alpha value is -4.91. The number of imidazole rings is 1. The summed E-state index contributed by atoms with van der Waals surface area (Å²) >= 11 is 0. The number of nitrogens with zero attached hydrogens (tertiary/aromatic N) is 3. The molecule has 7 nitrogen and oxygen atoms in total. The summed E-state index contributed by atoms with van der Waals surface area (Å²) in [7, 11) is 1.64. The van der Waals surface area contributed by atoms with Crippen LogP contribution < -0.4 is 10.2 Å². The number of carboxylic acid groups (broad SMARTS) is 1. The van der Waals surface area contributed by atoms with Gasteiger partial charge in [-0.1, -0.05) is 86.1 Å². The Labute approximate surface area is 240 Å². The lowest BCUT2D eigenvalue weighted by Gasteiger charge is -2.23. The second-order valence-electron chi connectivity index (χ2n) is 10.1. The molecule has 0 spiro atoms. The summed E-state index contributed by atoms with van der Waals surface area (Å²) in [6.07, 6.45) is 2.95. The zero-order chi connectivity index (χ0) is 28.8. The third-order valence-corrected chi connectivity index (χ3v) is 7.28. The molecule has 2 N–H and O–H groups in total. The van der Waals surface area contributed by atoms with Crippen molar-refractivity contribution in [2.45, 2.75) is 39.3 Å². The van der Waals surface area contributed by atoms with Crippen molar-refractivity contribution in [2.24, 2.45) is 0 Å². The first-order valence-corrected chi connectivity index (χ1v) is 13.9. The number of amides is 2. The van der Waals surface area contributed by atoms with Crippen LogP contribution in [-0.2, 0) is 19.5 Å². The Bertz CT molecular complexity index is 1660. The maximum absolute atomic E-state index is 12.9. The van der Waals surface area contributed by atoms with Gasteiger partial charge in [-0.05, 0) is 52.9 Å². The van der Waals surface area contributed by atoms with Gasteiger partial charge in [-0.3, -0.25) is 4.90 Å². The lowest BCUT2D eigenvalue weighted by Crippen LogP contribution is -2.37. The van der Waals surface area contributed by atoms with E-state index in [-0.39, 0.29) is 11.6 Å². The number of anilines is 1. The molecule has 0 fully saturated rings. The van der Waals surface area contributed by atoms with Gasteiger partial charge < -0.3 is 15.0 Å². The van der Waals surface area contributed by atoms with E-state index in [4.69, 9.17) is 4.98 Å². The SMILES string of the molecule is CCCCc1nc2ccc(N(Cc3ccccc3)C(=O)NC)cc2n1Cc1ccc(-c2ccccc2C(=O)O)cc1. The van der Waals surface area contributed by atoms with Gasteiger partial charge in [-0.15, -0.1) is 0 Å². The molecule has 0 radical (unpaired) electrons. The molecule has 0 aliphatic carbocycles. The number of benzene rings is 4. The minimum atomic E-state index is -0.941. The van der Waals surface area contributed by atoms with E-state index in [1.807, 2.05) is 84.9 Å². The number of urea groups is 1. The molecule has 7 heteroatoms. The van der Waals surface area contributed by atoms with Gasteiger partial charge in [-0.2, -0.15) is 0 Å². The van der Waals surface area contributed by atoms with Crippen LogP contribution in [0.15, 0.2) is 97.1 Å². The average molecular weight is 547 g/mol. The van der Waals surface area contributed by atoms with Crippen LogP contribution in [0.5, 0.6) is 0 Å². The van der Waals surface area contributed by atoms with E-state index >= 15 is 0 Å². The van der Waals surface area contributed by atoms with Gasteiger partial charge in [0.05, 0.1) is 23.1 Å². The minimum Gasteiger partial charge on any atom is -0.478 e. The first-order chi connectivity index (χ1) is 20.0. The molecule has 1 aromatic heterocycles. The zero-order valence-electron chi connectivity index (χ0n) is 23.4. The molecule has 4 aromatic carbocycles. The fourth-order valence-corrected chi connectivity index (χ4v) is 5.11. The smallest absolute Gasteiger partial charge is 0.336 e. The van der Waals surface area contributed by atoms with E-state index < -0.39 is 5.97 Å². The quantitative estimate of drug-likeness (QED) is 0.195. The molecule has 0 saturated heterocycles. The van der Waals surface area contributed by atoms with E-state index in [1.54, 1.807) is 24.1 Å². The van der Waals surface area contributed by atoms with Crippen molar-refractivity contribution >= 4 is 28.7 Å². The van der Waals surface area contributed by atoms with Crippen molar-refractivity contribution in [1.29, 1.82) is 0 Å². The predicted molar refractivity (Wildman–Crippen MR) is 163 cm³/mol. The Morgan fingerprint density at radius 3 is 2.34 bits per heavy atom. The Morgan fingerprint density at radius 2 is 1.63 bits per heavy atom. The highest BCUT2D eigenvalue weighted by molar-refractivity contribution is 5.96. The second kappa shape index (κ2) is 12.5. The molecule has 0 aliphatic rings. The zero-order valence-corrected chi connectivity index (χ0v) is 23.4. The van der Waals surface area contributed by atoms with E-state index in [1.165, 1.54) is 0 Å². The molecule has 0 unspecified atom stereocenters. The van der Waals surface area contributed by atoms with Gasteiger partial charge in [0, 0.05) is 25.7 Å². The molecule has 0 aliphatic heterocycles. The van der Waals surface area contributed by atoms with Crippen molar-refractivity contribution in [2.75, 3.05) is 11.9 Å². The largest absolute Gasteiger partial charge is 0.478 e. The number of unbranched alkanes of at least 4 members (excludes halogenated alkanes) is 1. The number of carboxylic acids is 1. The molecular weight excluding hydrogens is 512 g/mol. The maximum Gasteiger partial charge on any atom is 0.336 e. The lowest BCUT2D eigenvalue weighted by atomic mass is 9.99. The molecular formula is C34H34N4O3. The van der Waals surface area contributed by atoms with Gasteiger partial charge >= 0.3 is 12.0 Å². The van der Waals surface area contributed by atoms with Crippen LogP contribution in [0, 0.1) is 0 Å². The number of fused-ring (bicyclic) bond motifs is 1. The number of carbonyl (C=O) groups is 2. The van der Waals surface area contributed by atoms with Gasteiger partial charge in [0.2, 0.25) is 0 Å². The molecule has 0 saturated carbocycles. The van der Waals surface area contributed by atoms with E-state index in [2.05, 4.69) is 16.8 Å². The predicted octanol–water partition coefficient (Wildman–Crippen LogP) is 7.14. The molecule has 0 bridgehead atoms. The summed E-state index contributed by atoms with van der Waals surface area (Å²) in [6.45, 7) is 3.23. The van der Waals surface area contributed by atoms with Gasteiger partial charge in [0.1, 0.15) is 5.82 Å². The average Bonchev–Trinajstić information content (AvgIpc) is 3.35. The number of aromatic carboxylic acids is 1. The van der Waals surface area contributed by atoms with Crippen LogP contribution in [0.2, 0.25) is 0 Å². The molecule has 0 atom stereocenters. The molecule has 2 amide bonds.